The lowest BCUT2D eigenvalue weighted by atomic mass is 9.84. The molecule has 0 aromatic carbocycles. The fraction of sp³-hybridized carbons (Fsp3) is 0.762. The predicted octanol–water partition coefficient (Wildman–Crippen LogP) is 2.65. The van der Waals surface area contributed by atoms with Crippen LogP contribution in [0.25, 0.3) is 0 Å². The molecule has 27 heavy (non-hydrogen) atoms. The highest BCUT2D eigenvalue weighted by Crippen LogP contribution is 2.46. The Morgan fingerprint density at radius 2 is 2.00 bits per heavy atom. The van der Waals surface area contributed by atoms with Crippen molar-refractivity contribution in [2.24, 2.45) is 0 Å². The number of piperidine rings is 2. The van der Waals surface area contributed by atoms with E-state index in [0.717, 1.165) is 75.8 Å². The molecule has 1 amide bonds. The van der Waals surface area contributed by atoms with Crippen LogP contribution in [-0.2, 0) is 16.8 Å². The number of carbonyl (C=O) groups is 1. The molecular formula is C21H31N3O2S. The van der Waals surface area contributed by atoms with Gasteiger partial charge in [0.1, 0.15) is 5.60 Å². The molecule has 5 nitrogen and oxygen atoms in total. The fourth-order valence-electron chi connectivity index (χ4n) is 5.14. The maximum Gasteiger partial charge on any atom is 0.261 e. The molecule has 148 valence electrons. The summed E-state index contributed by atoms with van der Waals surface area (Å²) in [5.74, 6) is 0.126. The van der Waals surface area contributed by atoms with Crippen LogP contribution in [0, 0.1) is 0 Å². The molecule has 0 bridgehead atoms. The number of amides is 1. The van der Waals surface area contributed by atoms with Crippen molar-refractivity contribution < 1.29 is 9.53 Å². The second kappa shape index (κ2) is 7.47. The third-order valence-corrected chi connectivity index (χ3v) is 8.43. The van der Waals surface area contributed by atoms with Crippen molar-refractivity contribution in [2.75, 3.05) is 32.8 Å². The molecule has 2 N–H and O–H groups in total. The van der Waals surface area contributed by atoms with Crippen LogP contribution in [-0.4, -0.2) is 55.7 Å². The van der Waals surface area contributed by atoms with E-state index in [1.165, 1.54) is 29.7 Å². The van der Waals surface area contributed by atoms with Crippen LogP contribution in [0.1, 0.15) is 65.1 Å². The molecule has 2 saturated heterocycles. The van der Waals surface area contributed by atoms with Gasteiger partial charge in [0.25, 0.3) is 5.91 Å². The van der Waals surface area contributed by atoms with Crippen molar-refractivity contribution in [3.63, 3.8) is 0 Å². The SMILES string of the molecule is O=C(NC1CCC1)c1cc2c(s1)C1(CCN(C3CCNCC3)CC1)OCC2. The van der Waals surface area contributed by atoms with Gasteiger partial charge in [0.15, 0.2) is 0 Å². The highest BCUT2D eigenvalue weighted by Gasteiger charge is 2.43. The molecule has 0 atom stereocenters. The third-order valence-electron chi connectivity index (χ3n) is 7.07. The molecule has 0 unspecified atom stereocenters. The normalized spacial score (nSPS) is 26.5. The number of likely N-dealkylation sites (tertiary alicyclic amines) is 1. The Kier molecular flexibility index (Phi) is 5.01. The van der Waals surface area contributed by atoms with Gasteiger partial charge in [0.05, 0.1) is 11.5 Å². The monoisotopic (exact) mass is 389 g/mol. The number of carbonyl (C=O) groups excluding carboxylic acids is 1. The first-order valence-corrected chi connectivity index (χ1v) is 11.6. The van der Waals surface area contributed by atoms with E-state index in [9.17, 15) is 4.79 Å². The zero-order valence-corrected chi connectivity index (χ0v) is 16.9. The van der Waals surface area contributed by atoms with Gasteiger partial charge >= 0.3 is 0 Å². The smallest absolute Gasteiger partial charge is 0.261 e. The van der Waals surface area contributed by atoms with E-state index in [0.29, 0.717) is 6.04 Å². The minimum absolute atomic E-state index is 0.126. The van der Waals surface area contributed by atoms with E-state index in [2.05, 4.69) is 21.6 Å². The van der Waals surface area contributed by atoms with Crippen LogP contribution in [0.5, 0.6) is 0 Å². The number of ether oxygens (including phenoxy) is 1. The molecule has 5 rings (SSSR count). The summed E-state index contributed by atoms with van der Waals surface area (Å²) in [7, 11) is 0. The first-order valence-electron chi connectivity index (χ1n) is 10.8. The summed E-state index contributed by atoms with van der Waals surface area (Å²) in [5, 5.41) is 6.67. The summed E-state index contributed by atoms with van der Waals surface area (Å²) >= 11 is 1.70. The number of hydrogen-bond donors (Lipinski definition) is 2. The van der Waals surface area contributed by atoms with Crippen LogP contribution in [0.15, 0.2) is 6.07 Å². The molecule has 4 aliphatic rings. The molecule has 6 heteroatoms. The van der Waals surface area contributed by atoms with Crippen LogP contribution in [0.3, 0.4) is 0 Å². The number of fused-ring (bicyclic) bond motifs is 2. The van der Waals surface area contributed by atoms with E-state index in [-0.39, 0.29) is 11.5 Å². The summed E-state index contributed by atoms with van der Waals surface area (Å²) in [4.78, 5) is 17.6. The predicted molar refractivity (Wildman–Crippen MR) is 107 cm³/mol. The summed E-state index contributed by atoms with van der Waals surface area (Å²) in [6.07, 6.45) is 9.13. The lowest BCUT2D eigenvalue weighted by Gasteiger charge is -2.46. The lowest BCUT2D eigenvalue weighted by Crippen LogP contribution is -2.51. The van der Waals surface area contributed by atoms with Gasteiger partial charge in [-0.15, -0.1) is 11.3 Å². The van der Waals surface area contributed by atoms with Gasteiger partial charge in [-0.25, -0.2) is 0 Å². The fourth-order valence-corrected chi connectivity index (χ4v) is 6.45. The van der Waals surface area contributed by atoms with Crippen LogP contribution >= 0.6 is 11.3 Å². The second-order valence-corrected chi connectivity index (χ2v) is 9.73. The Bertz CT molecular complexity index is 686. The average molecular weight is 390 g/mol. The Morgan fingerprint density at radius 3 is 2.70 bits per heavy atom. The van der Waals surface area contributed by atoms with E-state index in [1.54, 1.807) is 11.3 Å². The highest BCUT2D eigenvalue weighted by atomic mass is 32.1. The molecule has 1 spiro atoms. The summed E-state index contributed by atoms with van der Waals surface area (Å²) in [6, 6.07) is 3.28. The Hall–Kier alpha value is -0.950. The zero-order valence-electron chi connectivity index (χ0n) is 16.1. The number of thiophene rings is 1. The van der Waals surface area contributed by atoms with Crippen molar-refractivity contribution in [3.05, 3.63) is 21.4 Å². The third kappa shape index (κ3) is 3.46. The van der Waals surface area contributed by atoms with Crippen LogP contribution < -0.4 is 10.6 Å². The van der Waals surface area contributed by atoms with E-state index >= 15 is 0 Å². The number of rotatable bonds is 3. The van der Waals surface area contributed by atoms with Crippen molar-refractivity contribution in [2.45, 2.75) is 69.1 Å². The largest absolute Gasteiger partial charge is 0.369 e. The lowest BCUT2D eigenvalue weighted by molar-refractivity contribution is -0.101. The maximum absolute atomic E-state index is 12.6. The van der Waals surface area contributed by atoms with E-state index in [4.69, 9.17) is 4.74 Å². The van der Waals surface area contributed by atoms with Crippen molar-refractivity contribution in [1.82, 2.24) is 15.5 Å². The second-order valence-electron chi connectivity index (χ2n) is 8.68. The molecule has 4 heterocycles. The van der Waals surface area contributed by atoms with E-state index in [1.807, 2.05) is 0 Å². The highest BCUT2D eigenvalue weighted by molar-refractivity contribution is 7.14. The zero-order chi connectivity index (χ0) is 18.3. The molecule has 1 saturated carbocycles. The molecule has 0 radical (unpaired) electrons. The maximum atomic E-state index is 12.6. The minimum atomic E-state index is -0.142. The first-order chi connectivity index (χ1) is 13.2. The molecule has 3 aliphatic heterocycles. The Balaban J connectivity index is 1.30. The standard InChI is InChI=1S/C21H31N3O2S/c25-20(23-16-2-1-3-16)18-14-15-6-13-26-21(19(15)27-18)7-11-24(12-8-21)17-4-9-22-10-5-17/h14,16-17,22H,1-13H2,(H,23,25). The van der Waals surface area contributed by atoms with Gasteiger partial charge in [-0.1, -0.05) is 0 Å². The molecule has 1 aromatic heterocycles. The molecule has 3 fully saturated rings. The number of hydrogen-bond acceptors (Lipinski definition) is 5. The Morgan fingerprint density at radius 1 is 1.22 bits per heavy atom. The van der Waals surface area contributed by atoms with Crippen LogP contribution in [0.2, 0.25) is 0 Å². The minimum Gasteiger partial charge on any atom is -0.369 e. The van der Waals surface area contributed by atoms with Gasteiger partial charge in [-0.05, 0) is 76.1 Å². The quantitative estimate of drug-likeness (QED) is 0.835. The summed E-state index contributed by atoms with van der Waals surface area (Å²) in [5.41, 5.74) is 1.22. The van der Waals surface area contributed by atoms with Crippen molar-refractivity contribution >= 4 is 17.2 Å². The van der Waals surface area contributed by atoms with E-state index < -0.39 is 0 Å². The van der Waals surface area contributed by atoms with Crippen molar-refractivity contribution in [3.8, 4) is 0 Å². The molecule has 1 aromatic rings. The molecule has 1 aliphatic carbocycles. The summed E-state index contributed by atoms with van der Waals surface area (Å²) in [6.45, 7) is 5.33. The number of nitrogens with one attached hydrogen (secondary N) is 2. The first kappa shape index (κ1) is 18.1. The average Bonchev–Trinajstić information content (AvgIpc) is 3.12. The summed E-state index contributed by atoms with van der Waals surface area (Å²) < 4.78 is 6.41. The van der Waals surface area contributed by atoms with Gasteiger partial charge in [0, 0.05) is 30.1 Å². The van der Waals surface area contributed by atoms with Crippen molar-refractivity contribution in [1.29, 1.82) is 0 Å². The van der Waals surface area contributed by atoms with Gasteiger partial charge in [-0.2, -0.15) is 0 Å². The van der Waals surface area contributed by atoms with Gasteiger partial charge < -0.3 is 20.3 Å². The Labute approximate surface area is 165 Å². The van der Waals surface area contributed by atoms with Crippen LogP contribution in [0.4, 0.5) is 0 Å². The molecular weight excluding hydrogens is 358 g/mol. The van der Waals surface area contributed by atoms with Gasteiger partial charge in [-0.3, -0.25) is 4.79 Å². The van der Waals surface area contributed by atoms with Gasteiger partial charge in [0.2, 0.25) is 0 Å². The number of nitrogens with zero attached hydrogens (tertiary/aromatic N) is 1. The topological polar surface area (TPSA) is 53.6 Å².